The van der Waals surface area contributed by atoms with Crippen LogP contribution >= 0.6 is 27.3 Å². The summed E-state index contributed by atoms with van der Waals surface area (Å²) in [4.78, 5) is 12.6. The molecule has 0 aliphatic carbocycles. The summed E-state index contributed by atoms with van der Waals surface area (Å²) in [6.45, 7) is 0.615. The van der Waals surface area contributed by atoms with E-state index in [0.29, 0.717) is 13.0 Å². The van der Waals surface area contributed by atoms with Crippen molar-refractivity contribution in [1.29, 1.82) is 0 Å². The van der Waals surface area contributed by atoms with Gasteiger partial charge in [-0.15, -0.1) is 23.7 Å². The molecule has 0 aromatic carbocycles. The maximum atomic E-state index is 11.4. The molecule has 86 valence electrons. The number of nitrogens with one attached hydrogen (secondary N) is 1. The topological polar surface area (TPSA) is 29.1 Å². The summed E-state index contributed by atoms with van der Waals surface area (Å²) in [6.07, 6.45) is 8.24. The highest BCUT2D eigenvalue weighted by atomic mass is 79.9. The molecule has 0 atom stereocenters. The molecule has 0 spiro atoms. The molecule has 0 aliphatic heterocycles. The van der Waals surface area contributed by atoms with Gasteiger partial charge in [-0.1, -0.05) is 0 Å². The van der Waals surface area contributed by atoms with Gasteiger partial charge < -0.3 is 5.32 Å². The SMILES string of the molecule is C#CCCCCC(=O)NCc1cc(Br)cs1. The van der Waals surface area contributed by atoms with Gasteiger partial charge in [0.25, 0.3) is 0 Å². The van der Waals surface area contributed by atoms with Crippen LogP contribution in [0, 0.1) is 12.3 Å². The zero-order valence-electron chi connectivity index (χ0n) is 8.96. The van der Waals surface area contributed by atoms with E-state index < -0.39 is 0 Å². The fourth-order valence-electron chi connectivity index (χ4n) is 1.23. The Hall–Kier alpha value is -0.790. The van der Waals surface area contributed by atoms with E-state index in [9.17, 15) is 4.79 Å². The Bertz CT molecular complexity index is 381. The Morgan fingerprint density at radius 3 is 3.00 bits per heavy atom. The Morgan fingerprint density at radius 1 is 1.56 bits per heavy atom. The molecule has 1 N–H and O–H groups in total. The predicted molar refractivity (Wildman–Crippen MR) is 71.2 cm³/mol. The standard InChI is InChI=1S/C12H14BrNOS/c1-2-3-4-5-6-12(15)14-8-11-7-10(13)9-16-11/h1,7,9H,3-6,8H2,(H,14,15). The van der Waals surface area contributed by atoms with Gasteiger partial charge in [-0.3, -0.25) is 4.79 Å². The highest BCUT2D eigenvalue weighted by Crippen LogP contribution is 2.19. The lowest BCUT2D eigenvalue weighted by molar-refractivity contribution is -0.121. The first-order valence-corrected chi connectivity index (χ1v) is 6.82. The number of unbranched alkanes of at least 4 members (excludes halogenated alkanes) is 2. The van der Waals surface area contributed by atoms with E-state index in [-0.39, 0.29) is 5.91 Å². The van der Waals surface area contributed by atoms with E-state index in [4.69, 9.17) is 6.42 Å². The highest BCUT2D eigenvalue weighted by molar-refractivity contribution is 9.10. The molecule has 0 radical (unpaired) electrons. The summed E-state index contributed by atoms with van der Waals surface area (Å²) in [5.74, 6) is 2.67. The molecule has 0 bridgehead atoms. The molecule has 1 amide bonds. The molecular weight excluding hydrogens is 286 g/mol. The van der Waals surface area contributed by atoms with Gasteiger partial charge in [0.1, 0.15) is 0 Å². The molecule has 0 saturated carbocycles. The van der Waals surface area contributed by atoms with Crippen molar-refractivity contribution in [3.8, 4) is 12.3 Å². The van der Waals surface area contributed by atoms with E-state index in [0.717, 1.165) is 28.6 Å². The molecule has 4 heteroatoms. The average molecular weight is 300 g/mol. The van der Waals surface area contributed by atoms with Crippen molar-refractivity contribution in [3.63, 3.8) is 0 Å². The number of amides is 1. The van der Waals surface area contributed by atoms with Crippen LogP contribution in [-0.4, -0.2) is 5.91 Å². The van der Waals surface area contributed by atoms with E-state index >= 15 is 0 Å². The number of carbonyl (C=O) groups excluding carboxylic acids is 1. The number of hydrogen-bond acceptors (Lipinski definition) is 2. The molecular formula is C12H14BrNOS. The largest absolute Gasteiger partial charge is 0.351 e. The van der Waals surface area contributed by atoms with Gasteiger partial charge in [-0.25, -0.2) is 0 Å². The van der Waals surface area contributed by atoms with Crippen LogP contribution in [0.5, 0.6) is 0 Å². The van der Waals surface area contributed by atoms with Crippen LogP contribution in [0.15, 0.2) is 15.9 Å². The van der Waals surface area contributed by atoms with E-state index in [1.807, 2.05) is 11.4 Å². The molecule has 0 saturated heterocycles. The number of hydrogen-bond donors (Lipinski definition) is 1. The minimum Gasteiger partial charge on any atom is -0.351 e. The normalized spacial score (nSPS) is 9.75. The molecule has 1 heterocycles. The Balaban J connectivity index is 2.13. The molecule has 16 heavy (non-hydrogen) atoms. The second-order valence-corrected chi connectivity index (χ2v) is 5.33. The van der Waals surface area contributed by atoms with Gasteiger partial charge >= 0.3 is 0 Å². The second kappa shape index (κ2) is 7.48. The van der Waals surface area contributed by atoms with Crippen LogP contribution in [0.3, 0.4) is 0 Å². The average Bonchev–Trinajstić information content (AvgIpc) is 2.68. The number of halogens is 1. The van der Waals surface area contributed by atoms with Crippen LogP contribution in [-0.2, 0) is 11.3 Å². The fourth-order valence-corrected chi connectivity index (χ4v) is 2.62. The summed E-state index contributed by atoms with van der Waals surface area (Å²) in [5, 5.41) is 4.90. The predicted octanol–water partition coefficient (Wildman–Crippen LogP) is 3.32. The Morgan fingerprint density at radius 2 is 2.38 bits per heavy atom. The highest BCUT2D eigenvalue weighted by Gasteiger charge is 2.02. The van der Waals surface area contributed by atoms with Crippen LogP contribution in [0.1, 0.15) is 30.6 Å². The number of carbonyl (C=O) groups is 1. The van der Waals surface area contributed by atoms with Gasteiger partial charge in [0, 0.05) is 27.6 Å². The zero-order valence-corrected chi connectivity index (χ0v) is 11.4. The van der Waals surface area contributed by atoms with Gasteiger partial charge in [0.2, 0.25) is 5.91 Å². The first-order valence-electron chi connectivity index (χ1n) is 5.15. The zero-order chi connectivity index (χ0) is 11.8. The van der Waals surface area contributed by atoms with Gasteiger partial charge in [0.15, 0.2) is 0 Å². The van der Waals surface area contributed by atoms with Crippen LogP contribution in [0.2, 0.25) is 0 Å². The van der Waals surface area contributed by atoms with Crippen molar-refractivity contribution in [3.05, 3.63) is 20.8 Å². The van der Waals surface area contributed by atoms with Crippen LogP contribution in [0.4, 0.5) is 0 Å². The number of rotatable bonds is 6. The van der Waals surface area contributed by atoms with E-state index in [2.05, 4.69) is 27.2 Å². The quantitative estimate of drug-likeness (QED) is 0.634. The third-order valence-electron chi connectivity index (χ3n) is 2.06. The van der Waals surface area contributed by atoms with Crippen molar-refractivity contribution in [2.24, 2.45) is 0 Å². The van der Waals surface area contributed by atoms with Crippen molar-refractivity contribution < 1.29 is 4.79 Å². The first kappa shape index (κ1) is 13.3. The van der Waals surface area contributed by atoms with E-state index in [1.165, 1.54) is 0 Å². The van der Waals surface area contributed by atoms with Gasteiger partial charge in [-0.05, 0) is 34.8 Å². The molecule has 1 aromatic heterocycles. The summed E-state index contributed by atoms with van der Waals surface area (Å²) >= 11 is 5.01. The molecule has 1 aromatic rings. The monoisotopic (exact) mass is 299 g/mol. The summed E-state index contributed by atoms with van der Waals surface area (Å²) < 4.78 is 1.07. The molecule has 0 fully saturated rings. The Labute approximate surface area is 109 Å². The fraction of sp³-hybridized carbons (Fsp3) is 0.417. The summed E-state index contributed by atoms with van der Waals surface area (Å²) in [6, 6.07) is 2.02. The minimum absolute atomic E-state index is 0.0987. The third-order valence-corrected chi connectivity index (χ3v) is 3.75. The molecule has 0 aliphatic rings. The summed E-state index contributed by atoms with van der Waals surface area (Å²) in [7, 11) is 0. The molecule has 1 rings (SSSR count). The van der Waals surface area contributed by atoms with Crippen molar-refractivity contribution in [2.75, 3.05) is 0 Å². The minimum atomic E-state index is 0.0987. The number of terminal acetylenes is 1. The van der Waals surface area contributed by atoms with Crippen molar-refractivity contribution in [2.45, 2.75) is 32.2 Å². The van der Waals surface area contributed by atoms with Crippen molar-refractivity contribution in [1.82, 2.24) is 5.32 Å². The maximum Gasteiger partial charge on any atom is 0.220 e. The lowest BCUT2D eigenvalue weighted by Crippen LogP contribution is -2.21. The third kappa shape index (κ3) is 5.34. The maximum absolute atomic E-state index is 11.4. The Kier molecular flexibility index (Phi) is 6.20. The second-order valence-electron chi connectivity index (χ2n) is 3.42. The first-order chi connectivity index (χ1) is 7.72. The lowest BCUT2D eigenvalue weighted by Gasteiger charge is -2.02. The van der Waals surface area contributed by atoms with Gasteiger partial charge in [-0.2, -0.15) is 0 Å². The van der Waals surface area contributed by atoms with E-state index in [1.54, 1.807) is 11.3 Å². The lowest BCUT2D eigenvalue weighted by atomic mass is 10.2. The number of thiophene rings is 1. The molecule has 2 nitrogen and oxygen atoms in total. The molecule has 0 unspecified atom stereocenters. The van der Waals surface area contributed by atoms with Gasteiger partial charge in [0.05, 0.1) is 6.54 Å². The van der Waals surface area contributed by atoms with Crippen LogP contribution < -0.4 is 5.32 Å². The van der Waals surface area contributed by atoms with Crippen molar-refractivity contribution >= 4 is 33.2 Å². The summed E-state index contributed by atoms with van der Waals surface area (Å²) in [5.41, 5.74) is 0. The van der Waals surface area contributed by atoms with Crippen LogP contribution in [0.25, 0.3) is 0 Å². The smallest absolute Gasteiger partial charge is 0.220 e.